The number of benzene rings is 2. The lowest BCUT2D eigenvalue weighted by molar-refractivity contribution is -0.137. The Bertz CT molecular complexity index is 790. The van der Waals surface area contributed by atoms with Gasteiger partial charge in [0.05, 0.1) is 5.56 Å². The van der Waals surface area contributed by atoms with Gasteiger partial charge in [0, 0.05) is 18.8 Å². The average Bonchev–Trinajstić information content (AvgIpc) is 2.68. The standard InChI is InChI=1S/C20H22F3N3O.ClH/c1-26(16-10-12-24-13-11-16)19(27)25-15-8-6-14(7-9-15)17-4-2-3-5-18(17)20(21,22)23;/h2-9,16,24H,10-13H2,1H3,(H,25,27);1H. The first-order valence-corrected chi connectivity index (χ1v) is 8.87. The number of nitrogens with zero attached hydrogens (tertiary/aromatic N) is 1. The van der Waals surface area contributed by atoms with Gasteiger partial charge in [-0.2, -0.15) is 13.2 Å². The molecule has 0 radical (unpaired) electrons. The summed E-state index contributed by atoms with van der Waals surface area (Å²) in [4.78, 5) is 14.1. The van der Waals surface area contributed by atoms with E-state index in [2.05, 4.69) is 10.6 Å². The number of rotatable bonds is 3. The van der Waals surface area contributed by atoms with Crippen LogP contribution >= 0.6 is 12.4 Å². The van der Waals surface area contributed by atoms with Gasteiger partial charge in [0.25, 0.3) is 0 Å². The highest BCUT2D eigenvalue weighted by Gasteiger charge is 2.33. The molecule has 0 spiro atoms. The maximum Gasteiger partial charge on any atom is 0.417 e. The van der Waals surface area contributed by atoms with Crippen molar-refractivity contribution in [2.45, 2.75) is 25.1 Å². The molecule has 2 N–H and O–H groups in total. The Morgan fingerprint density at radius 2 is 1.68 bits per heavy atom. The Labute approximate surface area is 168 Å². The average molecular weight is 414 g/mol. The number of hydrogen-bond acceptors (Lipinski definition) is 2. The zero-order chi connectivity index (χ0) is 19.4. The molecule has 2 amide bonds. The van der Waals surface area contributed by atoms with E-state index in [0.717, 1.165) is 32.0 Å². The van der Waals surface area contributed by atoms with E-state index in [1.807, 2.05) is 0 Å². The molecular formula is C20H23ClF3N3O. The zero-order valence-electron chi connectivity index (χ0n) is 15.4. The Morgan fingerprint density at radius 3 is 2.29 bits per heavy atom. The summed E-state index contributed by atoms with van der Waals surface area (Å²) in [6.45, 7) is 1.77. The van der Waals surface area contributed by atoms with Crippen LogP contribution in [0.25, 0.3) is 11.1 Å². The Kier molecular flexibility index (Phi) is 7.32. The first-order chi connectivity index (χ1) is 12.9. The highest BCUT2D eigenvalue weighted by Crippen LogP contribution is 2.37. The minimum atomic E-state index is -4.42. The summed E-state index contributed by atoms with van der Waals surface area (Å²) in [5.74, 6) is 0. The van der Waals surface area contributed by atoms with E-state index in [1.54, 1.807) is 42.3 Å². The van der Waals surface area contributed by atoms with Gasteiger partial charge in [-0.05, 0) is 55.3 Å². The van der Waals surface area contributed by atoms with Gasteiger partial charge in [-0.25, -0.2) is 4.79 Å². The highest BCUT2D eigenvalue weighted by molar-refractivity contribution is 5.89. The number of carbonyl (C=O) groups excluding carboxylic acids is 1. The van der Waals surface area contributed by atoms with Crippen LogP contribution in [0, 0.1) is 0 Å². The molecule has 1 saturated heterocycles. The van der Waals surface area contributed by atoms with Crippen LogP contribution in [0.15, 0.2) is 48.5 Å². The van der Waals surface area contributed by atoms with Crippen LogP contribution in [0.3, 0.4) is 0 Å². The van der Waals surface area contributed by atoms with Crippen molar-refractivity contribution in [3.63, 3.8) is 0 Å². The lowest BCUT2D eigenvalue weighted by Crippen LogP contribution is -2.45. The van der Waals surface area contributed by atoms with E-state index in [9.17, 15) is 18.0 Å². The summed E-state index contributed by atoms with van der Waals surface area (Å²) in [5, 5.41) is 6.06. The Balaban J connectivity index is 0.00000280. The normalized spacial score (nSPS) is 14.9. The van der Waals surface area contributed by atoms with Crippen LogP contribution in [0.4, 0.5) is 23.7 Å². The number of halogens is 4. The summed E-state index contributed by atoms with van der Waals surface area (Å²) >= 11 is 0. The van der Waals surface area contributed by atoms with E-state index >= 15 is 0 Å². The van der Waals surface area contributed by atoms with E-state index in [1.165, 1.54) is 12.1 Å². The maximum atomic E-state index is 13.2. The van der Waals surface area contributed by atoms with Gasteiger partial charge in [-0.15, -0.1) is 12.4 Å². The molecule has 0 atom stereocenters. The molecule has 0 unspecified atom stereocenters. The molecule has 0 saturated carbocycles. The molecule has 28 heavy (non-hydrogen) atoms. The number of piperidine rings is 1. The maximum absolute atomic E-state index is 13.2. The SMILES string of the molecule is CN(C(=O)Nc1ccc(-c2ccccc2C(F)(F)F)cc1)C1CCNCC1.Cl. The molecule has 1 heterocycles. The van der Waals surface area contributed by atoms with Crippen molar-refractivity contribution in [1.82, 2.24) is 10.2 Å². The topological polar surface area (TPSA) is 44.4 Å². The molecule has 1 aliphatic rings. The number of anilines is 1. The van der Waals surface area contributed by atoms with Crippen molar-refractivity contribution in [1.29, 1.82) is 0 Å². The van der Waals surface area contributed by atoms with E-state index in [4.69, 9.17) is 0 Å². The lowest BCUT2D eigenvalue weighted by Gasteiger charge is -2.31. The minimum absolute atomic E-state index is 0. The molecule has 0 aromatic heterocycles. The first-order valence-electron chi connectivity index (χ1n) is 8.87. The number of amides is 2. The van der Waals surface area contributed by atoms with Gasteiger partial charge in [-0.3, -0.25) is 0 Å². The summed E-state index contributed by atoms with van der Waals surface area (Å²) in [6.07, 6.45) is -2.62. The third-order valence-corrected chi connectivity index (χ3v) is 4.86. The van der Waals surface area contributed by atoms with Crippen molar-refractivity contribution >= 4 is 24.1 Å². The predicted octanol–water partition coefficient (Wildman–Crippen LogP) is 5.01. The fourth-order valence-electron chi connectivity index (χ4n) is 3.29. The number of urea groups is 1. The van der Waals surface area contributed by atoms with Crippen molar-refractivity contribution < 1.29 is 18.0 Å². The minimum Gasteiger partial charge on any atom is -0.325 e. The van der Waals surface area contributed by atoms with Gasteiger partial charge in [0.15, 0.2) is 0 Å². The van der Waals surface area contributed by atoms with E-state index < -0.39 is 11.7 Å². The fraction of sp³-hybridized carbons (Fsp3) is 0.350. The molecule has 2 aromatic rings. The van der Waals surface area contributed by atoms with Crippen LogP contribution in [0.1, 0.15) is 18.4 Å². The second kappa shape index (κ2) is 9.30. The second-order valence-corrected chi connectivity index (χ2v) is 6.64. The van der Waals surface area contributed by atoms with Crippen molar-refractivity contribution in [3.05, 3.63) is 54.1 Å². The van der Waals surface area contributed by atoms with Crippen LogP contribution in [0.5, 0.6) is 0 Å². The summed E-state index contributed by atoms with van der Waals surface area (Å²) in [7, 11) is 1.76. The van der Waals surface area contributed by atoms with Crippen molar-refractivity contribution in [2.24, 2.45) is 0 Å². The molecule has 3 rings (SSSR count). The van der Waals surface area contributed by atoms with Gasteiger partial charge < -0.3 is 15.5 Å². The third kappa shape index (κ3) is 5.17. The predicted molar refractivity (Wildman–Crippen MR) is 107 cm³/mol. The molecule has 4 nitrogen and oxygen atoms in total. The molecular weight excluding hydrogens is 391 g/mol. The summed E-state index contributed by atoms with van der Waals surface area (Å²) in [5.41, 5.74) is 0.448. The van der Waals surface area contributed by atoms with Crippen LogP contribution in [-0.4, -0.2) is 37.1 Å². The van der Waals surface area contributed by atoms with Gasteiger partial charge in [-0.1, -0.05) is 30.3 Å². The smallest absolute Gasteiger partial charge is 0.325 e. The second-order valence-electron chi connectivity index (χ2n) is 6.64. The first kappa shape index (κ1) is 22.0. The molecule has 0 aliphatic carbocycles. The number of carbonyl (C=O) groups is 1. The molecule has 152 valence electrons. The quantitative estimate of drug-likeness (QED) is 0.742. The van der Waals surface area contributed by atoms with E-state index in [0.29, 0.717) is 11.3 Å². The lowest BCUT2D eigenvalue weighted by atomic mass is 9.99. The molecule has 0 bridgehead atoms. The van der Waals surface area contributed by atoms with Crippen LogP contribution in [-0.2, 0) is 6.18 Å². The monoisotopic (exact) mass is 413 g/mol. The molecule has 2 aromatic carbocycles. The van der Waals surface area contributed by atoms with Crippen LogP contribution < -0.4 is 10.6 Å². The highest BCUT2D eigenvalue weighted by atomic mass is 35.5. The van der Waals surface area contributed by atoms with Gasteiger partial charge in [0.2, 0.25) is 0 Å². The number of nitrogens with one attached hydrogen (secondary N) is 2. The fourth-order valence-corrected chi connectivity index (χ4v) is 3.29. The van der Waals surface area contributed by atoms with Crippen LogP contribution in [0.2, 0.25) is 0 Å². The largest absolute Gasteiger partial charge is 0.417 e. The molecule has 8 heteroatoms. The van der Waals surface area contributed by atoms with Crippen molar-refractivity contribution in [2.75, 3.05) is 25.5 Å². The third-order valence-electron chi connectivity index (χ3n) is 4.86. The van der Waals surface area contributed by atoms with Crippen molar-refractivity contribution in [3.8, 4) is 11.1 Å². The summed E-state index contributed by atoms with van der Waals surface area (Å²) in [6, 6.07) is 11.9. The summed E-state index contributed by atoms with van der Waals surface area (Å²) < 4.78 is 39.6. The Hall–Kier alpha value is -2.25. The molecule has 1 fully saturated rings. The van der Waals surface area contributed by atoms with Gasteiger partial charge >= 0.3 is 12.2 Å². The Morgan fingerprint density at radius 1 is 1.07 bits per heavy atom. The zero-order valence-corrected chi connectivity index (χ0v) is 16.2. The number of hydrogen-bond donors (Lipinski definition) is 2. The molecule has 1 aliphatic heterocycles. The number of alkyl halides is 3. The van der Waals surface area contributed by atoms with Gasteiger partial charge in [0.1, 0.15) is 0 Å². The van der Waals surface area contributed by atoms with E-state index in [-0.39, 0.29) is 30.0 Å².